The van der Waals surface area contributed by atoms with Crippen LogP contribution >= 0.6 is 0 Å². The summed E-state index contributed by atoms with van der Waals surface area (Å²) >= 11 is 0. The lowest BCUT2D eigenvalue weighted by Crippen LogP contribution is -2.13. The van der Waals surface area contributed by atoms with Crippen LogP contribution in [0.25, 0.3) is 0 Å². The summed E-state index contributed by atoms with van der Waals surface area (Å²) in [6.45, 7) is 6.71. The average molecular weight is 308 g/mol. The molecule has 0 rings (SSSR count). The zero-order chi connectivity index (χ0) is 15.5. The summed E-state index contributed by atoms with van der Waals surface area (Å²) in [7, 11) is -4.27. The monoisotopic (exact) mass is 308 g/mol. The first-order valence-electron chi connectivity index (χ1n) is 7.89. The van der Waals surface area contributed by atoms with Crippen molar-refractivity contribution >= 4 is 10.4 Å². The minimum atomic E-state index is -4.27. The average Bonchev–Trinajstić information content (AvgIpc) is 2.32. The molecule has 0 atom stereocenters. The molecule has 1 N–H and O–H groups in total. The van der Waals surface area contributed by atoms with Gasteiger partial charge in [-0.15, -0.1) is 0 Å². The predicted octanol–water partition coefficient (Wildman–Crippen LogP) is 4.75. The Morgan fingerprint density at radius 1 is 0.900 bits per heavy atom. The summed E-state index contributed by atoms with van der Waals surface area (Å²) in [4.78, 5) is 0. The summed E-state index contributed by atoms with van der Waals surface area (Å²) in [5, 5.41) is 0. The van der Waals surface area contributed by atoms with Gasteiger partial charge >= 0.3 is 10.4 Å². The first-order chi connectivity index (χ1) is 9.27. The molecule has 0 amide bonds. The van der Waals surface area contributed by atoms with Gasteiger partial charge in [-0.05, 0) is 24.7 Å². The molecule has 0 fully saturated rings. The Balaban J connectivity index is 3.54. The molecule has 0 heterocycles. The van der Waals surface area contributed by atoms with Gasteiger partial charge in [0.15, 0.2) is 0 Å². The van der Waals surface area contributed by atoms with E-state index in [1.165, 1.54) is 44.9 Å². The Labute approximate surface area is 125 Å². The van der Waals surface area contributed by atoms with Crippen LogP contribution in [0.4, 0.5) is 0 Å². The highest BCUT2D eigenvalue weighted by molar-refractivity contribution is 7.80. The van der Waals surface area contributed by atoms with Crippen molar-refractivity contribution in [3.05, 3.63) is 0 Å². The van der Waals surface area contributed by atoms with Crippen molar-refractivity contribution in [2.45, 2.75) is 85.0 Å². The lowest BCUT2D eigenvalue weighted by Gasteiger charge is -2.24. The third-order valence-electron chi connectivity index (χ3n) is 3.69. The smallest absolute Gasteiger partial charge is 0.264 e. The SMILES string of the molecule is CCCCCCCCCC(C)(C)CCCOS(=O)(=O)O. The van der Waals surface area contributed by atoms with Gasteiger partial charge in [0.25, 0.3) is 0 Å². The van der Waals surface area contributed by atoms with E-state index < -0.39 is 10.4 Å². The second-order valence-electron chi connectivity index (χ2n) is 6.39. The summed E-state index contributed by atoms with van der Waals surface area (Å²) in [5.74, 6) is 0. The third kappa shape index (κ3) is 14.3. The van der Waals surface area contributed by atoms with Crippen LogP contribution in [0.1, 0.15) is 85.0 Å². The number of unbranched alkanes of at least 4 members (excludes halogenated alkanes) is 6. The number of rotatable bonds is 13. The molecule has 5 heteroatoms. The van der Waals surface area contributed by atoms with Crippen molar-refractivity contribution in [2.75, 3.05) is 6.61 Å². The highest BCUT2D eigenvalue weighted by atomic mass is 32.3. The van der Waals surface area contributed by atoms with Gasteiger partial charge in [-0.3, -0.25) is 4.55 Å². The maximum Gasteiger partial charge on any atom is 0.397 e. The highest BCUT2D eigenvalue weighted by Gasteiger charge is 2.17. The van der Waals surface area contributed by atoms with Crippen molar-refractivity contribution in [3.63, 3.8) is 0 Å². The van der Waals surface area contributed by atoms with Crippen LogP contribution in [0.15, 0.2) is 0 Å². The molecule has 0 aromatic heterocycles. The van der Waals surface area contributed by atoms with Crippen molar-refractivity contribution < 1.29 is 17.2 Å². The van der Waals surface area contributed by atoms with Gasteiger partial charge in [-0.25, -0.2) is 4.18 Å². The van der Waals surface area contributed by atoms with E-state index in [2.05, 4.69) is 25.0 Å². The van der Waals surface area contributed by atoms with Gasteiger partial charge in [0.05, 0.1) is 6.61 Å². The second kappa shape index (κ2) is 10.6. The summed E-state index contributed by atoms with van der Waals surface area (Å²) in [5.41, 5.74) is 0.214. The molecule has 0 aromatic carbocycles. The predicted molar refractivity (Wildman–Crippen MR) is 83.1 cm³/mol. The lowest BCUT2D eigenvalue weighted by atomic mass is 9.82. The standard InChI is InChI=1S/C15H32O4S/c1-4-5-6-7-8-9-10-12-15(2,3)13-11-14-19-20(16,17)18/h4-14H2,1-3H3,(H,16,17,18). The lowest BCUT2D eigenvalue weighted by molar-refractivity contribution is 0.225. The van der Waals surface area contributed by atoms with Gasteiger partial charge in [0, 0.05) is 0 Å². The Morgan fingerprint density at radius 3 is 1.95 bits per heavy atom. The first-order valence-corrected chi connectivity index (χ1v) is 9.25. The van der Waals surface area contributed by atoms with E-state index in [4.69, 9.17) is 4.55 Å². The molecule has 4 nitrogen and oxygen atoms in total. The zero-order valence-corrected chi connectivity index (χ0v) is 14.2. The number of hydrogen-bond acceptors (Lipinski definition) is 3. The molecule has 0 aliphatic carbocycles. The van der Waals surface area contributed by atoms with Gasteiger partial charge in [-0.2, -0.15) is 8.42 Å². The molecule has 0 aromatic rings. The van der Waals surface area contributed by atoms with Crippen LogP contribution in [0.3, 0.4) is 0 Å². The number of hydrogen-bond donors (Lipinski definition) is 1. The third-order valence-corrected chi connectivity index (χ3v) is 4.15. The van der Waals surface area contributed by atoms with E-state index in [-0.39, 0.29) is 12.0 Å². The molecular weight excluding hydrogens is 276 g/mol. The molecule has 0 bridgehead atoms. The second-order valence-corrected chi connectivity index (χ2v) is 7.48. The van der Waals surface area contributed by atoms with E-state index in [0.29, 0.717) is 6.42 Å². The van der Waals surface area contributed by atoms with Crippen LogP contribution in [-0.2, 0) is 14.6 Å². The normalized spacial score (nSPS) is 12.8. The van der Waals surface area contributed by atoms with Gasteiger partial charge in [0.2, 0.25) is 0 Å². The Morgan fingerprint density at radius 2 is 1.40 bits per heavy atom. The quantitative estimate of drug-likeness (QED) is 0.394. The molecule has 0 saturated heterocycles. The molecule has 0 aliphatic heterocycles. The van der Waals surface area contributed by atoms with Crippen LogP contribution in [0.2, 0.25) is 0 Å². The molecule has 0 unspecified atom stereocenters. The zero-order valence-electron chi connectivity index (χ0n) is 13.4. The Kier molecular flexibility index (Phi) is 10.5. The largest absolute Gasteiger partial charge is 0.397 e. The van der Waals surface area contributed by atoms with Gasteiger partial charge in [0.1, 0.15) is 0 Å². The van der Waals surface area contributed by atoms with Crippen LogP contribution < -0.4 is 0 Å². The van der Waals surface area contributed by atoms with Crippen LogP contribution in [-0.4, -0.2) is 19.6 Å². The van der Waals surface area contributed by atoms with Gasteiger partial charge < -0.3 is 0 Å². The van der Waals surface area contributed by atoms with E-state index >= 15 is 0 Å². The van der Waals surface area contributed by atoms with E-state index in [0.717, 1.165) is 12.8 Å². The van der Waals surface area contributed by atoms with Crippen molar-refractivity contribution in [3.8, 4) is 0 Å². The fourth-order valence-electron chi connectivity index (χ4n) is 2.40. The van der Waals surface area contributed by atoms with Gasteiger partial charge in [-0.1, -0.05) is 65.7 Å². The molecule has 0 saturated carbocycles. The maximum atomic E-state index is 10.4. The fourth-order valence-corrected chi connectivity index (χ4v) is 2.73. The van der Waals surface area contributed by atoms with Crippen molar-refractivity contribution in [1.82, 2.24) is 0 Å². The molecule has 0 spiro atoms. The molecule has 0 radical (unpaired) electrons. The fraction of sp³-hybridized carbons (Fsp3) is 1.00. The van der Waals surface area contributed by atoms with Crippen LogP contribution in [0.5, 0.6) is 0 Å². The first kappa shape index (κ1) is 19.9. The summed E-state index contributed by atoms with van der Waals surface area (Å²) in [6.07, 6.45) is 11.9. The molecule has 0 aliphatic rings. The maximum absolute atomic E-state index is 10.4. The highest BCUT2D eigenvalue weighted by Crippen LogP contribution is 2.29. The topological polar surface area (TPSA) is 63.6 Å². The Hall–Kier alpha value is -0.130. The van der Waals surface area contributed by atoms with Crippen molar-refractivity contribution in [2.24, 2.45) is 5.41 Å². The summed E-state index contributed by atoms with van der Waals surface area (Å²) in [6, 6.07) is 0. The Bertz CT molecular complexity index is 323. The molecule has 20 heavy (non-hydrogen) atoms. The minimum Gasteiger partial charge on any atom is -0.264 e. The molecule has 122 valence electrons. The summed E-state index contributed by atoms with van der Waals surface area (Å²) < 4.78 is 33.6. The van der Waals surface area contributed by atoms with E-state index in [1.54, 1.807) is 0 Å². The van der Waals surface area contributed by atoms with E-state index in [1.807, 2.05) is 0 Å². The van der Waals surface area contributed by atoms with E-state index in [9.17, 15) is 8.42 Å². The minimum absolute atomic E-state index is 0.0687. The van der Waals surface area contributed by atoms with Crippen LogP contribution in [0, 0.1) is 5.41 Å². The van der Waals surface area contributed by atoms with Crippen molar-refractivity contribution in [1.29, 1.82) is 0 Å². The molecular formula is C15H32O4S.